The maximum Gasteiger partial charge on any atom is 0.186 e. The summed E-state index contributed by atoms with van der Waals surface area (Å²) >= 11 is 0. The number of aliphatic hydroxyl groups is 4. The van der Waals surface area contributed by atoms with Gasteiger partial charge in [0.15, 0.2) is 6.29 Å². The molecular formula is C53H103N3O22. The van der Waals surface area contributed by atoms with Crippen LogP contribution < -0.4 is 0 Å². The fourth-order valence-corrected chi connectivity index (χ4v) is 7.13. The standard InChI is InChI=1S/C53H103N3O22/c1-2-3-4-5-6-7-8-9-13-61-16-19-64-22-25-67-28-30-70-32-34-72-36-38-74-39-37-73-35-33-71-31-29-68-26-23-65-20-17-62-14-10-11-48-46-56(55-54-48)12-15-63-18-21-66-24-27-69-40-41-75-42-43-76-44-45-77-53-52(60)51(59)50(58)49(47-57)78-53/h46,49-53,57-60H,2-45,47H2,1H3/t49-,50-,51+,52+,53+/m1/s1. The Bertz CT molecular complexity index is 1350. The van der Waals surface area contributed by atoms with Crippen LogP contribution in [0.15, 0.2) is 6.20 Å². The molecule has 5 atom stereocenters. The Labute approximate surface area is 464 Å². The van der Waals surface area contributed by atoms with E-state index in [9.17, 15) is 20.4 Å². The van der Waals surface area contributed by atoms with Gasteiger partial charge in [0.05, 0.1) is 224 Å². The lowest BCUT2D eigenvalue weighted by molar-refractivity contribution is -0.302. The minimum Gasteiger partial charge on any atom is -0.394 e. The molecule has 0 amide bonds. The monoisotopic (exact) mass is 1130 g/mol. The Morgan fingerprint density at radius 1 is 0.385 bits per heavy atom. The zero-order chi connectivity index (χ0) is 55.7. The van der Waals surface area contributed by atoms with Gasteiger partial charge in [0.25, 0.3) is 0 Å². The molecule has 0 saturated carbocycles. The fourth-order valence-electron chi connectivity index (χ4n) is 7.13. The van der Waals surface area contributed by atoms with E-state index < -0.39 is 37.3 Å². The molecule has 0 unspecified atom stereocenters. The van der Waals surface area contributed by atoms with Crippen molar-refractivity contribution in [2.45, 2.75) is 108 Å². The normalized spacial score (nSPS) is 17.7. The van der Waals surface area contributed by atoms with E-state index in [0.717, 1.165) is 31.6 Å². The number of hydrogen-bond acceptors (Lipinski definition) is 24. The summed E-state index contributed by atoms with van der Waals surface area (Å²) in [6, 6.07) is 0. The number of rotatable bonds is 63. The van der Waals surface area contributed by atoms with Crippen LogP contribution in [0.5, 0.6) is 0 Å². The van der Waals surface area contributed by atoms with E-state index in [2.05, 4.69) is 17.2 Å². The van der Waals surface area contributed by atoms with Crippen LogP contribution in [0, 0.1) is 0 Å². The molecule has 0 radical (unpaired) electrons. The lowest BCUT2D eigenvalue weighted by atomic mass is 9.99. The molecule has 462 valence electrons. The molecule has 1 fully saturated rings. The third-order valence-electron chi connectivity index (χ3n) is 11.5. The van der Waals surface area contributed by atoms with Gasteiger partial charge in [-0.1, -0.05) is 57.1 Å². The van der Waals surface area contributed by atoms with Crippen molar-refractivity contribution in [2.24, 2.45) is 0 Å². The summed E-state index contributed by atoms with van der Waals surface area (Å²) in [6.07, 6.45) is 7.44. The summed E-state index contributed by atoms with van der Waals surface area (Å²) in [5.41, 5.74) is 0.904. The highest BCUT2D eigenvalue weighted by molar-refractivity contribution is 4.92. The lowest BCUT2D eigenvalue weighted by Gasteiger charge is -2.39. The Kier molecular flexibility index (Phi) is 53.0. The van der Waals surface area contributed by atoms with Crippen LogP contribution in [0.2, 0.25) is 0 Å². The Hall–Kier alpha value is -1.74. The van der Waals surface area contributed by atoms with E-state index in [1.54, 1.807) is 4.68 Å². The molecule has 1 aliphatic heterocycles. The van der Waals surface area contributed by atoms with Gasteiger partial charge in [-0.05, 0) is 19.3 Å². The van der Waals surface area contributed by atoms with Crippen LogP contribution in [0.4, 0.5) is 0 Å². The number of nitrogens with zero attached hydrogens (tertiary/aromatic N) is 3. The van der Waals surface area contributed by atoms with Crippen molar-refractivity contribution < 1.29 is 106 Å². The first-order valence-corrected chi connectivity index (χ1v) is 28.6. The second-order valence-corrected chi connectivity index (χ2v) is 17.9. The molecule has 25 heteroatoms. The van der Waals surface area contributed by atoms with E-state index in [-0.39, 0.29) is 13.2 Å². The number of unbranched alkanes of at least 4 members (excludes halogenated alkanes) is 7. The molecule has 2 rings (SSSR count). The average Bonchev–Trinajstić information content (AvgIpc) is 3.91. The lowest BCUT2D eigenvalue weighted by Crippen LogP contribution is -2.59. The van der Waals surface area contributed by atoms with Crippen molar-refractivity contribution >= 4 is 0 Å². The second kappa shape index (κ2) is 57.1. The maximum atomic E-state index is 9.96. The molecule has 0 spiro atoms. The summed E-state index contributed by atoms with van der Waals surface area (Å²) in [6.45, 7) is 18.2. The Balaban J connectivity index is 1.17. The van der Waals surface area contributed by atoms with Gasteiger partial charge < -0.3 is 106 Å². The maximum absolute atomic E-state index is 9.96. The van der Waals surface area contributed by atoms with Crippen LogP contribution in [0.25, 0.3) is 0 Å². The minimum atomic E-state index is -1.48. The van der Waals surface area contributed by atoms with E-state index >= 15 is 0 Å². The van der Waals surface area contributed by atoms with Gasteiger partial charge in [0.2, 0.25) is 0 Å². The van der Waals surface area contributed by atoms with Crippen molar-refractivity contribution in [1.29, 1.82) is 0 Å². The molecule has 0 aromatic carbocycles. The summed E-state index contributed by atoms with van der Waals surface area (Å²) in [7, 11) is 0. The second-order valence-electron chi connectivity index (χ2n) is 17.9. The van der Waals surface area contributed by atoms with Gasteiger partial charge in [-0.25, -0.2) is 4.68 Å². The molecule has 1 saturated heterocycles. The van der Waals surface area contributed by atoms with Gasteiger partial charge in [-0.2, -0.15) is 0 Å². The number of aromatic nitrogens is 3. The first-order chi connectivity index (χ1) is 38.6. The van der Waals surface area contributed by atoms with E-state index in [1.807, 2.05) is 6.20 Å². The topological polar surface area (TPSA) is 278 Å². The quantitative estimate of drug-likeness (QED) is 0.0672. The van der Waals surface area contributed by atoms with Gasteiger partial charge in [0.1, 0.15) is 24.4 Å². The van der Waals surface area contributed by atoms with E-state index in [1.165, 1.54) is 44.9 Å². The van der Waals surface area contributed by atoms with Crippen LogP contribution in [-0.2, 0) is 98.2 Å². The van der Waals surface area contributed by atoms with Gasteiger partial charge in [-0.15, -0.1) is 5.10 Å². The van der Waals surface area contributed by atoms with Gasteiger partial charge in [-0.3, -0.25) is 0 Å². The summed E-state index contributed by atoms with van der Waals surface area (Å²) in [5, 5.41) is 47.2. The predicted octanol–water partition coefficient (Wildman–Crippen LogP) is 1.43. The van der Waals surface area contributed by atoms with Gasteiger partial charge >= 0.3 is 0 Å². The molecule has 1 aromatic heterocycles. The highest BCUT2D eigenvalue weighted by atomic mass is 16.7. The van der Waals surface area contributed by atoms with Crippen molar-refractivity contribution in [3.8, 4) is 0 Å². The minimum absolute atomic E-state index is 0.0790. The van der Waals surface area contributed by atoms with Crippen molar-refractivity contribution in [3.05, 3.63) is 11.9 Å². The summed E-state index contributed by atoms with van der Waals surface area (Å²) in [5.74, 6) is 0. The molecule has 1 aromatic rings. The van der Waals surface area contributed by atoms with E-state index in [4.69, 9.17) is 85.3 Å². The number of aliphatic hydroxyl groups excluding tert-OH is 4. The van der Waals surface area contributed by atoms with Gasteiger partial charge in [0, 0.05) is 19.4 Å². The largest absolute Gasteiger partial charge is 0.394 e. The highest BCUT2D eigenvalue weighted by Gasteiger charge is 2.44. The summed E-state index contributed by atoms with van der Waals surface area (Å²) < 4.78 is 101. The molecule has 4 N–H and O–H groups in total. The van der Waals surface area contributed by atoms with Crippen molar-refractivity contribution in [1.82, 2.24) is 15.0 Å². The SMILES string of the molecule is CCCCCCCCCCOCCOCCOCCOCCOCCOCCOCCOCCOCCOCCOCCCc1cn(CCOCCOCCOCCOCCOCCO[C@H]2O[C@H](CO)[C@@H](O)[C@H](O)[C@@H]2O)nn1. The smallest absolute Gasteiger partial charge is 0.186 e. The van der Waals surface area contributed by atoms with E-state index in [0.29, 0.717) is 205 Å². The zero-order valence-electron chi connectivity index (χ0n) is 47.3. The Morgan fingerprint density at radius 2 is 0.705 bits per heavy atom. The fraction of sp³-hybridized carbons (Fsp3) is 0.962. The number of aryl methyl sites for hydroxylation is 1. The first kappa shape index (κ1) is 72.4. The molecule has 2 heterocycles. The number of ether oxygens (including phenoxy) is 18. The zero-order valence-corrected chi connectivity index (χ0v) is 47.3. The van der Waals surface area contributed by atoms with Crippen LogP contribution in [-0.4, -0.2) is 291 Å². The Morgan fingerprint density at radius 3 is 1.08 bits per heavy atom. The number of hydrogen-bond donors (Lipinski definition) is 4. The molecular weight excluding hydrogens is 1030 g/mol. The molecule has 25 nitrogen and oxygen atoms in total. The third kappa shape index (κ3) is 44.9. The average molecular weight is 1130 g/mol. The predicted molar refractivity (Wildman–Crippen MR) is 284 cm³/mol. The van der Waals surface area contributed by atoms with Crippen molar-refractivity contribution in [2.75, 3.05) is 225 Å². The highest BCUT2D eigenvalue weighted by Crippen LogP contribution is 2.22. The van der Waals surface area contributed by atoms with Crippen molar-refractivity contribution in [3.63, 3.8) is 0 Å². The van der Waals surface area contributed by atoms with Crippen LogP contribution >= 0.6 is 0 Å². The van der Waals surface area contributed by atoms with Crippen LogP contribution in [0.3, 0.4) is 0 Å². The molecule has 1 aliphatic rings. The first-order valence-electron chi connectivity index (χ1n) is 28.6. The van der Waals surface area contributed by atoms with Crippen LogP contribution in [0.1, 0.15) is 70.4 Å². The summed E-state index contributed by atoms with van der Waals surface area (Å²) in [4.78, 5) is 0. The molecule has 0 bridgehead atoms. The molecule has 0 aliphatic carbocycles. The molecule has 78 heavy (non-hydrogen) atoms. The third-order valence-corrected chi connectivity index (χ3v) is 11.5.